The number of nitrogens with zero attached hydrogens (tertiary/aromatic N) is 3. The first-order valence-electron chi connectivity index (χ1n) is 8.23. The molecule has 0 unspecified atom stereocenters. The van der Waals surface area contributed by atoms with Gasteiger partial charge in [0.05, 0.1) is 11.6 Å². The Hall–Kier alpha value is -3.46. The van der Waals surface area contributed by atoms with E-state index in [0.29, 0.717) is 23.9 Å². The first-order chi connectivity index (χ1) is 12.6. The fourth-order valence-corrected chi connectivity index (χ4v) is 2.50. The molecule has 0 aliphatic heterocycles. The molecular weight excluding hydrogens is 329 g/mol. The van der Waals surface area contributed by atoms with Gasteiger partial charge in [0.25, 0.3) is 0 Å². The smallest absolute Gasteiger partial charge is 0.229 e. The molecule has 0 aliphatic carbocycles. The van der Waals surface area contributed by atoms with E-state index in [0.717, 1.165) is 23.4 Å². The Morgan fingerprint density at radius 3 is 2.65 bits per heavy atom. The van der Waals surface area contributed by atoms with Crippen LogP contribution in [0.4, 0.5) is 21.8 Å². The standard InChI is InChI=1S/C20H18FN5/c1-14-11-19(23-10-9-15-5-7-17(21)8-6-15)26-20(24-14)25-18-4-2-3-16(12-18)13-22/h2-8,11-12H,9-10H2,1H3,(H2,23,24,25,26). The average molecular weight is 347 g/mol. The Balaban J connectivity index is 1.65. The van der Waals surface area contributed by atoms with Crippen LogP contribution in [0.5, 0.6) is 0 Å². The molecule has 0 aliphatic rings. The summed E-state index contributed by atoms with van der Waals surface area (Å²) >= 11 is 0. The van der Waals surface area contributed by atoms with E-state index in [-0.39, 0.29) is 5.82 Å². The van der Waals surface area contributed by atoms with E-state index in [4.69, 9.17) is 5.26 Å². The highest BCUT2D eigenvalue weighted by molar-refractivity contribution is 5.57. The molecule has 1 heterocycles. The molecule has 3 rings (SSSR count). The van der Waals surface area contributed by atoms with Crippen LogP contribution in [-0.4, -0.2) is 16.5 Å². The topological polar surface area (TPSA) is 73.6 Å². The molecule has 0 saturated carbocycles. The number of rotatable bonds is 6. The van der Waals surface area contributed by atoms with E-state index >= 15 is 0 Å². The van der Waals surface area contributed by atoms with Gasteiger partial charge in [-0.25, -0.2) is 9.37 Å². The van der Waals surface area contributed by atoms with Gasteiger partial charge in [-0.1, -0.05) is 18.2 Å². The molecule has 0 fully saturated rings. The van der Waals surface area contributed by atoms with Gasteiger partial charge in [-0.15, -0.1) is 0 Å². The van der Waals surface area contributed by atoms with Crippen molar-refractivity contribution in [2.45, 2.75) is 13.3 Å². The van der Waals surface area contributed by atoms with Crippen LogP contribution >= 0.6 is 0 Å². The van der Waals surface area contributed by atoms with Crippen LogP contribution in [0.25, 0.3) is 0 Å². The molecule has 3 aromatic rings. The van der Waals surface area contributed by atoms with Gasteiger partial charge in [-0.2, -0.15) is 10.2 Å². The summed E-state index contributed by atoms with van der Waals surface area (Å²) < 4.78 is 12.9. The van der Waals surface area contributed by atoms with Crippen molar-refractivity contribution >= 4 is 17.5 Å². The number of benzene rings is 2. The second-order valence-corrected chi connectivity index (χ2v) is 5.84. The minimum absolute atomic E-state index is 0.232. The highest BCUT2D eigenvalue weighted by atomic mass is 19.1. The predicted octanol–water partition coefficient (Wildman–Crippen LogP) is 4.19. The minimum atomic E-state index is -0.232. The van der Waals surface area contributed by atoms with E-state index in [1.807, 2.05) is 19.1 Å². The molecule has 0 atom stereocenters. The second-order valence-electron chi connectivity index (χ2n) is 5.84. The van der Waals surface area contributed by atoms with Crippen LogP contribution < -0.4 is 10.6 Å². The van der Waals surface area contributed by atoms with Crippen molar-refractivity contribution in [2.24, 2.45) is 0 Å². The Bertz CT molecular complexity index is 932. The third kappa shape index (κ3) is 4.77. The number of aromatic nitrogens is 2. The lowest BCUT2D eigenvalue weighted by Gasteiger charge is -2.10. The zero-order valence-corrected chi connectivity index (χ0v) is 14.3. The van der Waals surface area contributed by atoms with E-state index in [1.165, 1.54) is 12.1 Å². The van der Waals surface area contributed by atoms with E-state index < -0.39 is 0 Å². The highest BCUT2D eigenvalue weighted by Crippen LogP contribution is 2.17. The number of aryl methyl sites for hydroxylation is 1. The molecule has 2 N–H and O–H groups in total. The van der Waals surface area contributed by atoms with E-state index in [2.05, 4.69) is 26.7 Å². The van der Waals surface area contributed by atoms with Gasteiger partial charge in [-0.3, -0.25) is 0 Å². The van der Waals surface area contributed by atoms with Crippen molar-refractivity contribution in [3.63, 3.8) is 0 Å². The molecule has 130 valence electrons. The number of halogens is 1. The quantitative estimate of drug-likeness (QED) is 0.699. The Morgan fingerprint density at radius 1 is 1.08 bits per heavy atom. The first-order valence-corrected chi connectivity index (χ1v) is 8.23. The lowest BCUT2D eigenvalue weighted by Crippen LogP contribution is -2.08. The molecular formula is C20H18FN5. The molecule has 0 saturated heterocycles. The summed E-state index contributed by atoms with van der Waals surface area (Å²) in [4.78, 5) is 8.83. The van der Waals surface area contributed by atoms with Crippen LogP contribution in [0.1, 0.15) is 16.8 Å². The van der Waals surface area contributed by atoms with Crippen molar-refractivity contribution in [3.05, 3.63) is 77.2 Å². The number of hydrogen-bond donors (Lipinski definition) is 2. The van der Waals surface area contributed by atoms with E-state index in [9.17, 15) is 4.39 Å². The summed E-state index contributed by atoms with van der Waals surface area (Å²) in [5.41, 5.74) is 3.20. The fourth-order valence-electron chi connectivity index (χ4n) is 2.50. The van der Waals surface area contributed by atoms with Gasteiger partial charge in [-0.05, 0) is 49.2 Å². The number of hydrogen-bond acceptors (Lipinski definition) is 5. The molecule has 0 spiro atoms. The summed E-state index contributed by atoms with van der Waals surface area (Å²) in [7, 11) is 0. The third-order valence-corrected chi connectivity index (χ3v) is 3.74. The van der Waals surface area contributed by atoms with E-state index in [1.54, 1.807) is 30.3 Å². The largest absolute Gasteiger partial charge is 0.370 e. The van der Waals surface area contributed by atoms with Gasteiger partial charge >= 0.3 is 0 Å². The molecule has 2 aromatic carbocycles. The summed E-state index contributed by atoms with van der Waals surface area (Å²) in [6, 6.07) is 17.6. The Labute approximate surface area is 151 Å². The number of anilines is 3. The SMILES string of the molecule is Cc1cc(NCCc2ccc(F)cc2)nc(Nc2cccc(C#N)c2)n1. The maximum Gasteiger partial charge on any atom is 0.229 e. The summed E-state index contributed by atoms with van der Waals surface area (Å²) in [6.07, 6.45) is 0.760. The fraction of sp³-hybridized carbons (Fsp3) is 0.150. The normalized spacial score (nSPS) is 10.2. The maximum absolute atomic E-state index is 12.9. The van der Waals surface area contributed by atoms with Crippen molar-refractivity contribution < 1.29 is 4.39 Å². The van der Waals surface area contributed by atoms with Crippen molar-refractivity contribution in [3.8, 4) is 6.07 Å². The predicted molar refractivity (Wildman–Crippen MR) is 99.8 cm³/mol. The molecule has 0 radical (unpaired) electrons. The Morgan fingerprint density at radius 2 is 1.88 bits per heavy atom. The van der Waals surface area contributed by atoms with Crippen LogP contribution in [-0.2, 0) is 6.42 Å². The summed E-state index contributed by atoms with van der Waals surface area (Å²) in [6.45, 7) is 2.56. The minimum Gasteiger partial charge on any atom is -0.370 e. The maximum atomic E-state index is 12.9. The highest BCUT2D eigenvalue weighted by Gasteiger charge is 2.04. The van der Waals surface area contributed by atoms with Crippen LogP contribution in [0.2, 0.25) is 0 Å². The van der Waals surface area contributed by atoms with Gasteiger partial charge in [0.15, 0.2) is 0 Å². The van der Waals surface area contributed by atoms with Gasteiger partial charge in [0.2, 0.25) is 5.95 Å². The van der Waals surface area contributed by atoms with Crippen molar-refractivity contribution in [1.82, 2.24) is 9.97 Å². The van der Waals surface area contributed by atoms with Crippen LogP contribution in [0.15, 0.2) is 54.6 Å². The average Bonchev–Trinajstić information content (AvgIpc) is 2.63. The second kappa shape index (κ2) is 8.08. The molecule has 6 heteroatoms. The number of nitrogens with one attached hydrogen (secondary N) is 2. The summed E-state index contributed by atoms with van der Waals surface area (Å²) in [5.74, 6) is 0.937. The summed E-state index contributed by atoms with van der Waals surface area (Å²) in [5, 5.41) is 15.4. The van der Waals surface area contributed by atoms with Crippen molar-refractivity contribution in [2.75, 3.05) is 17.2 Å². The van der Waals surface area contributed by atoms with Gasteiger partial charge < -0.3 is 10.6 Å². The molecule has 0 amide bonds. The van der Waals surface area contributed by atoms with Crippen molar-refractivity contribution in [1.29, 1.82) is 5.26 Å². The molecule has 0 bridgehead atoms. The van der Waals surface area contributed by atoms with Gasteiger partial charge in [0, 0.05) is 24.0 Å². The Kier molecular flexibility index (Phi) is 5.40. The lowest BCUT2D eigenvalue weighted by atomic mass is 10.1. The third-order valence-electron chi connectivity index (χ3n) is 3.74. The molecule has 1 aromatic heterocycles. The van der Waals surface area contributed by atoms with Crippen LogP contribution in [0, 0.1) is 24.1 Å². The zero-order valence-electron chi connectivity index (χ0n) is 14.3. The first kappa shape index (κ1) is 17.4. The lowest BCUT2D eigenvalue weighted by molar-refractivity contribution is 0.627. The van der Waals surface area contributed by atoms with Crippen LogP contribution in [0.3, 0.4) is 0 Å². The molecule has 5 nitrogen and oxygen atoms in total. The van der Waals surface area contributed by atoms with Gasteiger partial charge in [0.1, 0.15) is 11.6 Å². The zero-order chi connectivity index (χ0) is 18.4. The number of nitriles is 1. The monoisotopic (exact) mass is 347 g/mol. The molecule has 26 heavy (non-hydrogen) atoms.